The first-order chi connectivity index (χ1) is 15.8. The maximum Gasteiger partial charge on any atom is 0.0471 e. The average molecular weight is 426 g/mol. The highest BCUT2D eigenvalue weighted by atomic mass is 32.1. The summed E-state index contributed by atoms with van der Waals surface area (Å²) in [4.78, 5) is 3.58. The zero-order chi connectivity index (χ0) is 21.1. The summed E-state index contributed by atoms with van der Waals surface area (Å²) >= 11 is 1.88. The summed E-state index contributed by atoms with van der Waals surface area (Å²) in [5.41, 5.74) is 7.40. The lowest BCUT2D eigenvalue weighted by molar-refractivity contribution is 1.54. The van der Waals surface area contributed by atoms with Crippen molar-refractivity contribution in [3.8, 4) is 22.3 Å². The second-order valence-electron chi connectivity index (χ2n) is 8.29. The van der Waals surface area contributed by atoms with Crippen molar-refractivity contribution in [2.75, 3.05) is 0 Å². The van der Waals surface area contributed by atoms with Gasteiger partial charge in [-0.25, -0.2) is 0 Å². The molecule has 0 aliphatic carbocycles. The van der Waals surface area contributed by atoms with E-state index in [2.05, 4.69) is 114 Å². The van der Waals surface area contributed by atoms with Crippen LogP contribution in [0.15, 0.2) is 109 Å². The summed E-state index contributed by atoms with van der Waals surface area (Å²) < 4.78 is 2.70. The van der Waals surface area contributed by atoms with E-state index in [1.165, 1.54) is 64.2 Å². The largest absolute Gasteiger partial charge is 0.354 e. The van der Waals surface area contributed by atoms with Gasteiger partial charge in [0, 0.05) is 42.0 Å². The van der Waals surface area contributed by atoms with E-state index in [4.69, 9.17) is 0 Å². The summed E-state index contributed by atoms with van der Waals surface area (Å²) in [5, 5.41) is 5.23. The van der Waals surface area contributed by atoms with Crippen LogP contribution in [-0.2, 0) is 0 Å². The zero-order valence-corrected chi connectivity index (χ0v) is 18.1. The van der Waals surface area contributed by atoms with Gasteiger partial charge >= 0.3 is 0 Å². The number of nitrogens with one attached hydrogen (secondary N) is 1. The Morgan fingerprint density at radius 1 is 0.469 bits per heavy atom. The van der Waals surface area contributed by atoms with Gasteiger partial charge in [0.05, 0.1) is 0 Å². The molecule has 150 valence electrons. The molecule has 1 N–H and O–H groups in total. The number of para-hydroxylation sites is 1. The fourth-order valence-corrected chi connectivity index (χ4v) is 6.11. The lowest BCUT2D eigenvalue weighted by atomic mass is 9.97. The van der Waals surface area contributed by atoms with Gasteiger partial charge < -0.3 is 4.98 Å². The van der Waals surface area contributed by atoms with Crippen LogP contribution in [0.1, 0.15) is 0 Å². The number of H-pyrrole nitrogens is 1. The third-order valence-corrected chi connectivity index (χ3v) is 7.64. The van der Waals surface area contributed by atoms with Gasteiger partial charge in [0.1, 0.15) is 0 Å². The number of thiophene rings is 1. The number of aromatic amines is 1. The molecule has 0 amide bonds. The minimum atomic E-state index is 1.18. The van der Waals surface area contributed by atoms with Gasteiger partial charge in [0.15, 0.2) is 0 Å². The normalized spacial score (nSPS) is 11.8. The van der Waals surface area contributed by atoms with E-state index in [0.29, 0.717) is 0 Å². The molecule has 0 atom stereocenters. The Balaban J connectivity index is 1.39. The number of hydrogen-bond acceptors (Lipinski definition) is 1. The molecule has 0 radical (unpaired) electrons. The second-order valence-corrected chi connectivity index (χ2v) is 9.34. The van der Waals surface area contributed by atoms with Gasteiger partial charge in [-0.2, -0.15) is 0 Å². The molecule has 0 spiro atoms. The summed E-state index contributed by atoms with van der Waals surface area (Å²) in [6.07, 6.45) is 0. The predicted molar refractivity (Wildman–Crippen MR) is 140 cm³/mol. The molecule has 5 aromatic carbocycles. The van der Waals surface area contributed by atoms with E-state index < -0.39 is 0 Å². The third-order valence-electron chi connectivity index (χ3n) is 6.42. The highest BCUT2D eigenvalue weighted by molar-refractivity contribution is 7.26. The van der Waals surface area contributed by atoms with Crippen LogP contribution in [0.3, 0.4) is 0 Å². The summed E-state index contributed by atoms with van der Waals surface area (Å²) in [6, 6.07) is 39.5. The topological polar surface area (TPSA) is 15.8 Å². The standard InChI is InChI=1S/C30H19NS/c1-3-13-27-23(9-1)24-16-15-20(18-28(24)31-27)19-7-5-8-21(17-19)22-11-6-12-26-25-10-2-4-14-29(25)32-30(22)26/h1-18,31H. The molecule has 2 aromatic heterocycles. The molecule has 32 heavy (non-hydrogen) atoms. The zero-order valence-electron chi connectivity index (χ0n) is 17.3. The highest BCUT2D eigenvalue weighted by Gasteiger charge is 2.11. The molecule has 2 heterocycles. The Labute approximate surface area is 189 Å². The van der Waals surface area contributed by atoms with Crippen LogP contribution >= 0.6 is 11.3 Å². The molecular formula is C30H19NS. The quantitative estimate of drug-likeness (QED) is 0.284. The number of rotatable bonds is 2. The van der Waals surface area contributed by atoms with Crippen molar-refractivity contribution in [1.82, 2.24) is 4.98 Å². The van der Waals surface area contributed by atoms with Gasteiger partial charge in [-0.15, -0.1) is 11.3 Å². The van der Waals surface area contributed by atoms with Crippen LogP contribution in [0.4, 0.5) is 0 Å². The fraction of sp³-hybridized carbons (Fsp3) is 0. The molecule has 0 aliphatic heterocycles. The Morgan fingerprint density at radius 3 is 2.16 bits per heavy atom. The van der Waals surface area contributed by atoms with Crippen LogP contribution in [0, 0.1) is 0 Å². The molecule has 7 aromatic rings. The Hall–Kier alpha value is -3.88. The molecule has 0 bridgehead atoms. The van der Waals surface area contributed by atoms with Crippen molar-refractivity contribution >= 4 is 53.3 Å². The van der Waals surface area contributed by atoms with Gasteiger partial charge in [-0.3, -0.25) is 0 Å². The van der Waals surface area contributed by atoms with E-state index >= 15 is 0 Å². The first-order valence-electron chi connectivity index (χ1n) is 10.9. The Morgan fingerprint density at radius 2 is 1.19 bits per heavy atom. The first-order valence-corrected chi connectivity index (χ1v) is 11.7. The van der Waals surface area contributed by atoms with E-state index in [0.717, 1.165) is 0 Å². The van der Waals surface area contributed by atoms with Crippen LogP contribution in [0.2, 0.25) is 0 Å². The van der Waals surface area contributed by atoms with Gasteiger partial charge in [0.2, 0.25) is 0 Å². The molecular weight excluding hydrogens is 406 g/mol. The van der Waals surface area contributed by atoms with Crippen LogP contribution in [0.25, 0.3) is 64.2 Å². The molecule has 0 fully saturated rings. The predicted octanol–water partition coefficient (Wildman–Crippen LogP) is 9.02. The van der Waals surface area contributed by atoms with Crippen molar-refractivity contribution in [2.45, 2.75) is 0 Å². The van der Waals surface area contributed by atoms with Crippen LogP contribution in [0.5, 0.6) is 0 Å². The lowest BCUT2D eigenvalue weighted by Gasteiger charge is -2.08. The van der Waals surface area contributed by atoms with Crippen LogP contribution in [-0.4, -0.2) is 4.98 Å². The van der Waals surface area contributed by atoms with E-state index in [1.807, 2.05) is 11.3 Å². The lowest BCUT2D eigenvalue weighted by Crippen LogP contribution is -1.82. The minimum absolute atomic E-state index is 1.18. The molecule has 1 nitrogen and oxygen atoms in total. The van der Waals surface area contributed by atoms with Crippen molar-refractivity contribution in [1.29, 1.82) is 0 Å². The molecule has 7 rings (SSSR count). The SMILES string of the molecule is c1cc(-c2ccc3c(c2)[nH]c2ccccc23)cc(-c2cccc3c2sc2ccccc23)c1. The average Bonchev–Trinajstić information content (AvgIpc) is 3.42. The first kappa shape index (κ1) is 17.8. The van der Waals surface area contributed by atoms with Crippen molar-refractivity contribution in [3.05, 3.63) is 109 Å². The smallest absolute Gasteiger partial charge is 0.0471 e. The van der Waals surface area contributed by atoms with Crippen molar-refractivity contribution in [3.63, 3.8) is 0 Å². The Kier molecular flexibility index (Phi) is 3.78. The minimum Gasteiger partial charge on any atom is -0.354 e. The van der Waals surface area contributed by atoms with E-state index in [1.54, 1.807) is 0 Å². The van der Waals surface area contributed by atoms with Gasteiger partial charge in [-0.05, 0) is 46.5 Å². The van der Waals surface area contributed by atoms with Crippen molar-refractivity contribution < 1.29 is 0 Å². The third kappa shape index (κ3) is 2.63. The Bertz CT molecular complexity index is 1780. The van der Waals surface area contributed by atoms with E-state index in [9.17, 15) is 0 Å². The molecule has 0 unspecified atom stereocenters. The summed E-state index contributed by atoms with van der Waals surface area (Å²) in [7, 11) is 0. The fourth-order valence-electron chi connectivity index (χ4n) is 4.87. The monoisotopic (exact) mass is 425 g/mol. The maximum atomic E-state index is 3.58. The molecule has 0 saturated carbocycles. The maximum absolute atomic E-state index is 3.58. The summed E-state index contributed by atoms with van der Waals surface area (Å²) in [6.45, 7) is 0. The number of benzene rings is 5. The second kappa shape index (κ2) is 6.81. The molecule has 0 saturated heterocycles. The van der Waals surface area contributed by atoms with Crippen LogP contribution < -0.4 is 0 Å². The number of fused-ring (bicyclic) bond motifs is 6. The van der Waals surface area contributed by atoms with Gasteiger partial charge in [0.25, 0.3) is 0 Å². The van der Waals surface area contributed by atoms with Crippen molar-refractivity contribution in [2.24, 2.45) is 0 Å². The summed E-state index contributed by atoms with van der Waals surface area (Å²) in [5.74, 6) is 0. The number of hydrogen-bond donors (Lipinski definition) is 1. The molecule has 0 aliphatic rings. The highest BCUT2D eigenvalue weighted by Crippen LogP contribution is 2.40. The van der Waals surface area contributed by atoms with Gasteiger partial charge in [-0.1, -0.05) is 84.9 Å². The molecule has 2 heteroatoms. The number of aromatic nitrogens is 1. The van der Waals surface area contributed by atoms with E-state index in [-0.39, 0.29) is 0 Å².